The van der Waals surface area contributed by atoms with Crippen LogP contribution in [0.1, 0.15) is 39.5 Å². The van der Waals surface area contributed by atoms with Gasteiger partial charge < -0.3 is 10.0 Å². The van der Waals surface area contributed by atoms with Gasteiger partial charge in [0, 0.05) is 26.2 Å². The fraction of sp³-hybridized carbons (Fsp3) is 0.938. The van der Waals surface area contributed by atoms with E-state index in [1.54, 1.807) is 0 Å². The summed E-state index contributed by atoms with van der Waals surface area (Å²) >= 11 is 0. The van der Waals surface area contributed by atoms with Crippen LogP contribution in [-0.4, -0.2) is 60.1 Å². The first kappa shape index (κ1) is 15.8. The second-order valence-electron chi connectivity index (χ2n) is 7.00. The fourth-order valence-electron chi connectivity index (χ4n) is 3.87. The summed E-state index contributed by atoms with van der Waals surface area (Å²) in [5.41, 5.74) is 0. The quantitative estimate of drug-likeness (QED) is 0.851. The lowest BCUT2D eigenvalue weighted by Crippen LogP contribution is -2.48. The molecule has 0 bridgehead atoms. The molecule has 0 spiro atoms. The van der Waals surface area contributed by atoms with Gasteiger partial charge in [0.05, 0.1) is 6.54 Å². The summed E-state index contributed by atoms with van der Waals surface area (Å²) in [4.78, 5) is 16.8. The van der Waals surface area contributed by atoms with E-state index in [0.29, 0.717) is 30.2 Å². The van der Waals surface area contributed by atoms with Crippen molar-refractivity contribution in [3.05, 3.63) is 0 Å². The van der Waals surface area contributed by atoms with Gasteiger partial charge in [0.25, 0.3) is 0 Å². The molecule has 4 nitrogen and oxygen atoms in total. The minimum atomic E-state index is 0.271. The Kier molecular flexibility index (Phi) is 5.85. The first-order chi connectivity index (χ1) is 9.58. The van der Waals surface area contributed by atoms with Gasteiger partial charge in [0.15, 0.2) is 0 Å². The second-order valence-corrected chi connectivity index (χ2v) is 7.00. The average molecular weight is 282 g/mol. The Bertz CT molecular complexity index is 310. The van der Waals surface area contributed by atoms with Gasteiger partial charge in [-0.2, -0.15) is 0 Å². The van der Waals surface area contributed by atoms with Crippen LogP contribution >= 0.6 is 0 Å². The molecule has 0 aromatic rings. The smallest absolute Gasteiger partial charge is 0.236 e. The summed E-state index contributed by atoms with van der Waals surface area (Å²) < 4.78 is 0. The maximum Gasteiger partial charge on any atom is 0.236 e. The zero-order valence-electron chi connectivity index (χ0n) is 13.1. The predicted octanol–water partition coefficient (Wildman–Crippen LogP) is 1.59. The number of amides is 1. The van der Waals surface area contributed by atoms with E-state index in [2.05, 4.69) is 23.6 Å². The van der Waals surface area contributed by atoms with Crippen molar-refractivity contribution in [3.63, 3.8) is 0 Å². The number of piperidine rings is 2. The SMILES string of the molecule is CC1CC(C)CN(C(=O)CN2CCCC(CCO)C2)C1. The van der Waals surface area contributed by atoms with E-state index in [4.69, 9.17) is 5.11 Å². The van der Waals surface area contributed by atoms with E-state index in [1.165, 1.54) is 12.8 Å². The molecule has 2 aliphatic heterocycles. The number of carbonyl (C=O) groups excluding carboxylic acids is 1. The Morgan fingerprint density at radius 3 is 2.55 bits per heavy atom. The Balaban J connectivity index is 1.81. The van der Waals surface area contributed by atoms with Crippen LogP contribution in [0.5, 0.6) is 0 Å². The largest absolute Gasteiger partial charge is 0.396 e. The minimum absolute atomic E-state index is 0.271. The standard InChI is InChI=1S/C16H30N2O2/c1-13-8-14(2)10-18(9-13)16(20)12-17-6-3-4-15(11-17)5-7-19/h13-15,19H,3-12H2,1-2H3. The number of likely N-dealkylation sites (tertiary alicyclic amines) is 2. The summed E-state index contributed by atoms with van der Waals surface area (Å²) in [6.07, 6.45) is 4.47. The highest BCUT2D eigenvalue weighted by Crippen LogP contribution is 2.22. The third kappa shape index (κ3) is 4.45. The van der Waals surface area contributed by atoms with Crippen molar-refractivity contribution in [1.29, 1.82) is 0 Å². The molecule has 3 atom stereocenters. The number of nitrogens with zero attached hydrogens (tertiary/aromatic N) is 2. The molecule has 2 saturated heterocycles. The zero-order valence-corrected chi connectivity index (χ0v) is 13.1. The van der Waals surface area contributed by atoms with E-state index < -0.39 is 0 Å². The topological polar surface area (TPSA) is 43.8 Å². The summed E-state index contributed by atoms with van der Waals surface area (Å²) in [5.74, 6) is 2.13. The lowest BCUT2D eigenvalue weighted by Gasteiger charge is -2.38. The van der Waals surface area contributed by atoms with Gasteiger partial charge >= 0.3 is 0 Å². The zero-order chi connectivity index (χ0) is 14.5. The molecule has 0 aromatic carbocycles. The second kappa shape index (κ2) is 7.41. The highest BCUT2D eigenvalue weighted by Gasteiger charge is 2.28. The first-order valence-electron chi connectivity index (χ1n) is 8.19. The van der Waals surface area contributed by atoms with Crippen LogP contribution in [0.2, 0.25) is 0 Å². The Morgan fingerprint density at radius 1 is 1.20 bits per heavy atom. The number of aliphatic hydroxyl groups excluding tert-OH is 1. The van der Waals surface area contributed by atoms with Crippen LogP contribution in [0.4, 0.5) is 0 Å². The van der Waals surface area contributed by atoms with Crippen molar-refractivity contribution in [2.75, 3.05) is 39.3 Å². The average Bonchev–Trinajstić information content (AvgIpc) is 2.38. The molecule has 0 radical (unpaired) electrons. The molecule has 20 heavy (non-hydrogen) atoms. The van der Waals surface area contributed by atoms with Gasteiger partial charge in [-0.05, 0) is 50.0 Å². The van der Waals surface area contributed by atoms with Crippen LogP contribution in [0.15, 0.2) is 0 Å². The van der Waals surface area contributed by atoms with E-state index in [-0.39, 0.29) is 6.61 Å². The monoisotopic (exact) mass is 282 g/mol. The molecule has 1 N–H and O–H groups in total. The lowest BCUT2D eigenvalue weighted by atomic mass is 9.91. The third-order valence-electron chi connectivity index (χ3n) is 4.72. The van der Waals surface area contributed by atoms with Crippen LogP contribution in [0.3, 0.4) is 0 Å². The van der Waals surface area contributed by atoms with Crippen molar-refractivity contribution < 1.29 is 9.90 Å². The Morgan fingerprint density at radius 2 is 1.90 bits per heavy atom. The number of aliphatic hydroxyl groups is 1. The highest BCUT2D eigenvalue weighted by atomic mass is 16.3. The molecular weight excluding hydrogens is 252 g/mol. The molecule has 2 aliphatic rings. The van der Waals surface area contributed by atoms with E-state index >= 15 is 0 Å². The van der Waals surface area contributed by atoms with Crippen molar-refractivity contribution in [1.82, 2.24) is 9.80 Å². The van der Waals surface area contributed by atoms with Crippen LogP contribution in [0.25, 0.3) is 0 Å². The van der Waals surface area contributed by atoms with Crippen LogP contribution in [0, 0.1) is 17.8 Å². The molecular formula is C16H30N2O2. The van der Waals surface area contributed by atoms with Crippen LogP contribution in [-0.2, 0) is 4.79 Å². The van der Waals surface area contributed by atoms with Crippen molar-refractivity contribution in [3.8, 4) is 0 Å². The molecule has 0 aromatic heterocycles. The Hall–Kier alpha value is -0.610. The fourth-order valence-corrected chi connectivity index (χ4v) is 3.87. The third-order valence-corrected chi connectivity index (χ3v) is 4.72. The summed E-state index contributed by atoms with van der Waals surface area (Å²) in [6.45, 7) is 9.20. The summed E-state index contributed by atoms with van der Waals surface area (Å²) in [7, 11) is 0. The van der Waals surface area contributed by atoms with Crippen molar-refractivity contribution in [2.24, 2.45) is 17.8 Å². The molecule has 2 fully saturated rings. The van der Waals surface area contributed by atoms with Gasteiger partial charge in [-0.1, -0.05) is 13.8 Å². The minimum Gasteiger partial charge on any atom is -0.396 e. The molecule has 0 aliphatic carbocycles. The maximum absolute atomic E-state index is 12.5. The van der Waals surface area contributed by atoms with Crippen LogP contribution < -0.4 is 0 Å². The highest BCUT2D eigenvalue weighted by molar-refractivity contribution is 5.78. The summed E-state index contributed by atoms with van der Waals surface area (Å²) in [6, 6.07) is 0. The molecule has 0 saturated carbocycles. The number of rotatable bonds is 4. The maximum atomic E-state index is 12.5. The van der Waals surface area contributed by atoms with Gasteiger partial charge in [-0.3, -0.25) is 9.69 Å². The molecule has 4 heteroatoms. The first-order valence-corrected chi connectivity index (χ1v) is 8.19. The Labute approximate surface area is 123 Å². The van der Waals surface area contributed by atoms with E-state index in [9.17, 15) is 4.79 Å². The lowest BCUT2D eigenvalue weighted by molar-refractivity contribution is -0.135. The van der Waals surface area contributed by atoms with Crippen molar-refractivity contribution >= 4 is 5.91 Å². The number of carbonyl (C=O) groups is 1. The normalized spacial score (nSPS) is 32.4. The van der Waals surface area contributed by atoms with E-state index in [1.807, 2.05) is 0 Å². The number of hydrogen-bond donors (Lipinski definition) is 1. The molecule has 2 heterocycles. The van der Waals surface area contributed by atoms with Crippen molar-refractivity contribution in [2.45, 2.75) is 39.5 Å². The van der Waals surface area contributed by atoms with Gasteiger partial charge in [0.1, 0.15) is 0 Å². The summed E-state index contributed by atoms with van der Waals surface area (Å²) in [5, 5.41) is 9.06. The van der Waals surface area contributed by atoms with Gasteiger partial charge in [-0.15, -0.1) is 0 Å². The number of hydrogen-bond acceptors (Lipinski definition) is 3. The van der Waals surface area contributed by atoms with Gasteiger partial charge in [-0.25, -0.2) is 0 Å². The molecule has 3 unspecified atom stereocenters. The molecule has 1 amide bonds. The molecule has 116 valence electrons. The predicted molar refractivity (Wildman–Crippen MR) is 80.4 cm³/mol. The molecule has 2 rings (SSSR count). The van der Waals surface area contributed by atoms with Gasteiger partial charge in [0.2, 0.25) is 5.91 Å². The van der Waals surface area contributed by atoms with E-state index in [0.717, 1.165) is 39.0 Å².